The van der Waals surface area contributed by atoms with E-state index < -0.39 is 0 Å². The summed E-state index contributed by atoms with van der Waals surface area (Å²) < 4.78 is 0. The SMILES string of the molecule is c1ccc2c([C@@]34CCC[C@@H]3C4)cccc2c1. The van der Waals surface area contributed by atoms with Crippen molar-refractivity contribution in [2.45, 2.75) is 31.1 Å². The van der Waals surface area contributed by atoms with Crippen LogP contribution in [0.25, 0.3) is 10.8 Å². The highest BCUT2D eigenvalue weighted by Gasteiger charge is 2.57. The van der Waals surface area contributed by atoms with Crippen LogP contribution in [0.3, 0.4) is 0 Å². The van der Waals surface area contributed by atoms with E-state index in [1.807, 2.05) is 0 Å². The molecule has 2 atom stereocenters. The van der Waals surface area contributed by atoms with Crippen LogP contribution in [-0.2, 0) is 5.41 Å². The highest BCUT2D eigenvalue weighted by Crippen LogP contribution is 2.65. The van der Waals surface area contributed by atoms with Gasteiger partial charge in [-0.15, -0.1) is 0 Å². The Kier molecular flexibility index (Phi) is 1.59. The van der Waals surface area contributed by atoms with E-state index in [4.69, 9.17) is 0 Å². The summed E-state index contributed by atoms with van der Waals surface area (Å²) in [6.07, 6.45) is 5.77. The van der Waals surface area contributed by atoms with Crippen molar-refractivity contribution in [1.82, 2.24) is 0 Å². The van der Waals surface area contributed by atoms with Crippen molar-refractivity contribution in [2.75, 3.05) is 0 Å². The normalized spacial score (nSPS) is 31.6. The minimum Gasteiger partial charge on any atom is -0.0616 e. The van der Waals surface area contributed by atoms with Crippen molar-refractivity contribution >= 4 is 10.8 Å². The third-order valence-corrected chi connectivity index (χ3v) is 4.73. The molecule has 2 aliphatic rings. The molecule has 0 amide bonds. The first-order chi connectivity index (χ1) is 7.90. The van der Waals surface area contributed by atoms with Gasteiger partial charge in [-0.2, -0.15) is 0 Å². The largest absolute Gasteiger partial charge is 0.0616 e. The Balaban J connectivity index is 1.98. The van der Waals surface area contributed by atoms with Crippen LogP contribution in [0, 0.1) is 5.92 Å². The quantitative estimate of drug-likeness (QED) is 0.656. The Morgan fingerprint density at radius 2 is 1.88 bits per heavy atom. The maximum absolute atomic E-state index is 2.37. The lowest BCUT2D eigenvalue weighted by Crippen LogP contribution is -2.05. The summed E-state index contributed by atoms with van der Waals surface area (Å²) in [7, 11) is 0. The lowest BCUT2D eigenvalue weighted by Gasteiger charge is -2.15. The molecule has 0 N–H and O–H groups in total. The van der Waals surface area contributed by atoms with Gasteiger partial charge in [-0.3, -0.25) is 0 Å². The van der Waals surface area contributed by atoms with Gasteiger partial charge in [0.2, 0.25) is 0 Å². The summed E-state index contributed by atoms with van der Waals surface area (Å²) in [5.74, 6) is 0.998. The van der Waals surface area contributed by atoms with Gasteiger partial charge in [-0.25, -0.2) is 0 Å². The van der Waals surface area contributed by atoms with Crippen molar-refractivity contribution in [2.24, 2.45) is 5.92 Å². The summed E-state index contributed by atoms with van der Waals surface area (Å²) >= 11 is 0. The molecule has 2 fully saturated rings. The zero-order valence-electron chi connectivity index (χ0n) is 9.45. The van der Waals surface area contributed by atoms with Crippen molar-refractivity contribution in [3.8, 4) is 0 Å². The molecule has 0 radical (unpaired) electrons. The molecule has 0 heterocycles. The number of hydrogen-bond acceptors (Lipinski definition) is 0. The van der Waals surface area contributed by atoms with Crippen LogP contribution in [0.15, 0.2) is 42.5 Å². The molecular weight excluding hydrogens is 192 g/mol. The molecule has 0 unspecified atom stereocenters. The maximum Gasteiger partial charge on any atom is -0.000934 e. The van der Waals surface area contributed by atoms with Crippen LogP contribution in [-0.4, -0.2) is 0 Å². The molecule has 0 aromatic heterocycles. The van der Waals surface area contributed by atoms with E-state index in [1.54, 1.807) is 5.56 Å². The van der Waals surface area contributed by atoms with Crippen LogP contribution in [0.4, 0.5) is 0 Å². The van der Waals surface area contributed by atoms with Crippen LogP contribution in [0.1, 0.15) is 31.2 Å². The molecule has 0 nitrogen and oxygen atoms in total. The van der Waals surface area contributed by atoms with Gasteiger partial charge in [0.05, 0.1) is 0 Å². The lowest BCUT2D eigenvalue weighted by atomic mass is 9.89. The van der Waals surface area contributed by atoms with Gasteiger partial charge < -0.3 is 0 Å². The summed E-state index contributed by atoms with van der Waals surface area (Å²) in [6.45, 7) is 0. The Bertz CT molecular complexity index is 549. The fourth-order valence-corrected chi connectivity index (χ4v) is 3.85. The molecule has 0 aliphatic heterocycles. The van der Waals surface area contributed by atoms with Crippen LogP contribution in [0.5, 0.6) is 0 Å². The molecule has 2 aromatic rings. The average Bonchev–Trinajstić information content (AvgIpc) is 2.91. The minimum absolute atomic E-state index is 0.584. The van der Waals surface area contributed by atoms with Crippen LogP contribution in [0.2, 0.25) is 0 Å². The van der Waals surface area contributed by atoms with Gasteiger partial charge in [0, 0.05) is 0 Å². The van der Waals surface area contributed by atoms with E-state index in [2.05, 4.69) is 42.5 Å². The Morgan fingerprint density at radius 1 is 1.00 bits per heavy atom. The smallest absolute Gasteiger partial charge is 0.000934 e. The number of rotatable bonds is 1. The third kappa shape index (κ3) is 1.000. The Hall–Kier alpha value is -1.30. The second-order valence-electron chi connectivity index (χ2n) is 5.48. The molecule has 4 rings (SSSR count). The van der Waals surface area contributed by atoms with Gasteiger partial charge in [-0.05, 0) is 46.9 Å². The molecule has 0 spiro atoms. The van der Waals surface area contributed by atoms with Crippen LogP contribution >= 0.6 is 0 Å². The first kappa shape index (κ1) is 8.81. The average molecular weight is 208 g/mol. The van der Waals surface area contributed by atoms with Gasteiger partial charge in [0.15, 0.2) is 0 Å². The topological polar surface area (TPSA) is 0 Å². The van der Waals surface area contributed by atoms with Crippen molar-refractivity contribution < 1.29 is 0 Å². The molecule has 2 aliphatic carbocycles. The van der Waals surface area contributed by atoms with Crippen LogP contribution < -0.4 is 0 Å². The molecule has 2 aromatic carbocycles. The first-order valence-corrected chi connectivity index (χ1v) is 6.38. The van der Waals surface area contributed by atoms with Gasteiger partial charge in [0.25, 0.3) is 0 Å². The summed E-state index contributed by atoms with van der Waals surface area (Å²) in [5, 5.41) is 2.90. The zero-order valence-corrected chi connectivity index (χ0v) is 9.45. The van der Waals surface area contributed by atoms with E-state index in [-0.39, 0.29) is 0 Å². The van der Waals surface area contributed by atoms with Gasteiger partial charge in [0.1, 0.15) is 0 Å². The van der Waals surface area contributed by atoms with Crippen molar-refractivity contribution in [3.05, 3.63) is 48.0 Å². The van der Waals surface area contributed by atoms with E-state index >= 15 is 0 Å². The minimum atomic E-state index is 0.584. The fraction of sp³-hybridized carbons (Fsp3) is 0.375. The van der Waals surface area contributed by atoms with Crippen molar-refractivity contribution in [3.63, 3.8) is 0 Å². The summed E-state index contributed by atoms with van der Waals surface area (Å²) in [5.41, 5.74) is 2.22. The molecule has 80 valence electrons. The molecule has 0 bridgehead atoms. The fourth-order valence-electron chi connectivity index (χ4n) is 3.85. The maximum atomic E-state index is 2.37. The molecule has 0 saturated heterocycles. The standard InChI is InChI=1S/C16H16/c1-2-8-14-12(5-1)6-3-9-15(14)16-10-4-7-13(16)11-16/h1-3,5-6,8-9,13H,4,7,10-11H2/t13-,16-/m1/s1. The Morgan fingerprint density at radius 3 is 2.69 bits per heavy atom. The molecular formula is C16H16. The monoisotopic (exact) mass is 208 g/mol. The summed E-state index contributed by atoms with van der Waals surface area (Å²) in [4.78, 5) is 0. The van der Waals surface area contributed by atoms with Gasteiger partial charge >= 0.3 is 0 Å². The first-order valence-electron chi connectivity index (χ1n) is 6.38. The Labute approximate surface area is 96.3 Å². The molecule has 2 saturated carbocycles. The van der Waals surface area contributed by atoms with E-state index in [1.165, 1.54) is 36.5 Å². The highest BCUT2D eigenvalue weighted by atomic mass is 14.6. The van der Waals surface area contributed by atoms with E-state index in [0.717, 1.165) is 5.92 Å². The third-order valence-electron chi connectivity index (χ3n) is 4.73. The zero-order chi connectivity index (χ0) is 10.6. The highest BCUT2D eigenvalue weighted by molar-refractivity contribution is 5.87. The number of hydrogen-bond donors (Lipinski definition) is 0. The van der Waals surface area contributed by atoms with Gasteiger partial charge in [-0.1, -0.05) is 48.9 Å². The number of fused-ring (bicyclic) bond motifs is 2. The van der Waals surface area contributed by atoms with E-state index in [0.29, 0.717) is 5.41 Å². The predicted molar refractivity (Wildman–Crippen MR) is 67.6 cm³/mol. The van der Waals surface area contributed by atoms with Crippen molar-refractivity contribution in [1.29, 1.82) is 0 Å². The number of benzene rings is 2. The lowest BCUT2D eigenvalue weighted by molar-refractivity contribution is 0.662. The predicted octanol–water partition coefficient (Wildman–Crippen LogP) is 4.28. The van der Waals surface area contributed by atoms with E-state index in [9.17, 15) is 0 Å². The second kappa shape index (κ2) is 2.88. The molecule has 16 heavy (non-hydrogen) atoms. The summed E-state index contributed by atoms with van der Waals surface area (Å²) in [6, 6.07) is 15.7. The second-order valence-corrected chi connectivity index (χ2v) is 5.48. The molecule has 0 heteroatoms.